The van der Waals surface area contributed by atoms with Gasteiger partial charge in [0.05, 0.1) is 11.1 Å². The highest BCUT2D eigenvalue weighted by molar-refractivity contribution is 7.99. The first kappa shape index (κ1) is 27.7. The van der Waals surface area contributed by atoms with Crippen molar-refractivity contribution in [3.8, 4) is 11.1 Å². The van der Waals surface area contributed by atoms with E-state index in [1.807, 2.05) is 48.2 Å². The van der Waals surface area contributed by atoms with Gasteiger partial charge in [-0.25, -0.2) is 9.98 Å². The predicted octanol–water partition coefficient (Wildman–Crippen LogP) is 9.81. The van der Waals surface area contributed by atoms with Crippen LogP contribution in [-0.2, 0) is 5.41 Å². The van der Waals surface area contributed by atoms with Gasteiger partial charge in [-0.1, -0.05) is 127 Å². The van der Waals surface area contributed by atoms with Gasteiger partial charge in [0.25, 0.3) is 0 Å². The van der Waals surface area contributed by atoms with Crippen LogP contribution >= 0.6 is 23.1 Å². The summed E-state index contributed by atoms with van der Waals surface area (Å²) >= 11 is 3.56. The summed E-state index contributed by atoms with van der Waals surface area (Å²) in [5.74, 6) is 1.62. The number of amidine groups is 2. The van der Waals surface area contributed by atoms with Crippen LogP contribution in [0.1, 0.15) is 45.1 Å². The van der Waals surface area contributed by atoms with Crippen LogP contribution in [0.5, 0.6) is 0 Å². The van der Waals surface area contributed by atoms with Gasteiger partial charge in [0.15, 0.2) is 6.17 Å². The van der Waals surface area contributed by atoms with Crippen molar-refractivity contribution in [3.63, 3.8) is 0 Å². The Balaban J connectivity index is 1.23. The summed E-state index contributed by atoms with van der Waals surface area (Å²) in [6.45, 7) is 0. The van der Waals surface area contributed by atoms with Crippen LogP contribution in [0, 0.1) is 0 Å². The van der Waals surface area contributed by atoms with Crippen molar-refractivity contribution in [1.82, 2.24) is 5.32 Å². The number of benzene rings is 6. The maximum absolute atomic E-state index is 6.73. The van der Waals surface area contributed by atoms with Gasteiger partial charge in [-0.05, 0) is 63.2 Å². The number of nitrogens with two attached hydrogens (primary N) is 1. The third-order valence-electron chi connectivity index (χ3n) is 9.83. The van der Waals surface area contributed by atoms with Crippen LogP contribution in [0.25, 0.3) is 21.2 Å². The lowest BCUT2D eigenvalue weighted by molar-refractivity contribution is 0.721. The van der Waals surface area contributed by atoms with E-state index in [4.69, 9.17) is 15.7 Å². The van der Waals surface area contributed by atoms with E-state index in [2.05, 4.69) is 114 Å². The molecular formula is C42H28N4S2. The molecule has 2 aliphatic heterocycles. The number of anilines is 1. The largest absolute Gasteiger partial charge is 0.398 e. The smallest absolute Gasteiger partial charge is 0.169 e. The monoisotopic (exact) mass is 652 g/mol. The lowest BCUT2D eigenvalue weighted by Crippen LogP contribution is -2.37. The highest BCUT2D eigenvalue weighted by Crippen LogP contribution is 2.63. The maximum atomic E-state index is 6.73. The number of nitrogen functional groups attached to an aromatic ring is 1. The van der Waals surface area contributed by atoms with Gasteiger partial charge in [0.2, 0.25) is 0 Å². The topological polar surface area (TPSA) is 62.8 Å². The lowest BCUT2D eigenvalue weighted by atomic mass is 9.67. The Bertz CT molecular complexity index is 2480. The van der Waals surface area contributed by atoms with E-state index in [1.54, 1.807) is 11.3 Å². The Morgan fingerprint density at radius 2 is 1.29 bits per heavy atom. The molecule has 10 rings (SSSR count). The van der Waals surface area contributed by atoms with Gasteiger partial charge in [0.1, 0.15) is 11.7 Å². The molecule has 6 aromatic carbocycles. The van der Waals surface area contributed by atoms with E-state index in [1.165, 1.54) is 47.9 Å². The van der Waals surface area contributed by atoms with Crippen molar-refractivity contribution in [3.05, 3.63) is 184 Å². The molecule has 0 saturated heterocycles. The SMILES string of the molecule is Nc1csc2ccc3c(c12)-c1ccccc1C31c2ccccc2Sc2ccc(C3=NC(c4ccccc4)N=C(c4ccccc4)N3)cc21. The van der Waals surface area contributed by atoms with Gasteiger partial charge >= 0.3 is 0 Å². The number of aliphatic imine (C=N–C) groups is 2. The van der Waals surface area contributed by atoms with Gasteiger partial charge in [-0.3, -0.25) is 0 Å². The van der Waals surface area contributed by atoms with Crippen LogP contribution in [0.3, 0.4) is 0 Å². The number of rotatable bonds is 3. The van der Waals surface area contributed by atoms with Crippen molar-refractivity contribution in [2.45, 2.75) is 21.4 Å². The zero-order valence-corrected chi connectivity index (χ0v) is 27.4. The van der Waals surface area contributed by atoms with Crippen LogP contribution in [0.4, 0.5) is 5.69 Å². The van der Waals surface area contributed by atoms with E-state index in [-0.39, 0.29) is 6.17 Å². The van der Waals surface area contributed by atoms with Crippen molar-refractivity contribution in [2.75, 3.05) is 5.73 Å². The first-order chi connectivity index (χ1) is 23.7. The van der Waals surface area contributed by atoms with Crippen LogP contribution in [0.15, 0.2) is 165 Å². The number of nitrogens with zero attached hydrogens (tertiary/aromatic N) is 2. The third-order valence-corrected chi connectivity index (χ3v) is 11.9. The molecule has 6 heteroatoms. The third kappa shape index (κ3) is 3.90. The van der Waals surface area contributed by atoms with Crippen molar-refractivity contribution < 1.29 is 0 Å². The molecule has 2 unspecified atom stereocenters. The zero-order chi connectivity index (χ0) is 31.8. The van der Waals surface area contributed by atoms with E-state index >= 15 is 0 Å². The molecule has 4 nitrogen and oxygen atoms in total. The molecular weight excluding hydrogens is 625 g/mol. The Hall–Kier alpha value is -5.43. The highest BCUT2D eigenvalue weighted by atomic mass is 32.2. The van der Waals surface area contributed by atoms with Crippen molar-refractivity contribution in [2.24, 2.45) is 9.98 Å². The van der Waals surface area contributed by atoms with Crippen molar-refractivity contribution >= 4 is 50.5 Å². The molecule has 228 valence electrons. The summed E-state index contributed by atoms with van der Waals surface area (Å²) in [4.78, 5) is 12.8. The van der Waals surface area contributed by atoms with Gasteiger partial charge in [-0.15, -0.1) is 11.3 Å². The van der Waals surface area contributed by atoms with E-state index in [0.717, 1.165) is 39.4 Å². The molecule has 7 aromatic rings. The highest BCUT2D eigenvalue weighted by Gasteiger charge is 2.51. The van der Waals surface area contributed by atoms with E-state index < -0.39 is 5.41 Å². The first-order valence-corrected chi connectivity index (χ1v) is 17.7. The molecule has 3 heterocycles. The number of hydrogen-bond acceptors (Lipinski definition) is 6. The van der Waals surface area contributed by atoms with Crippen molar-refractivity contribution in [1.29, 1.82) is 0 Å². The molecule has 3 aliphatic rings. The summed E-state index contributed by atoms with van der Waals surface area (Å²) in [5, 5.41) is 6.87. The van der Waals surface area contributed by atoms with Gasteiger partial charge in [0, 0.05) is 36.4 Å². The maximum Gasteiger partial charge on any atom is 0.169 e. The second-order valence-electron chi connectivity index (χ2n) is 12.4. The van der Waals surface area contributed by atoms with Gasteiger partial charge in [-0.2, -0.15) is 0 Å². The van der Waals surface area contributed by atoms with Crippen LogP contribution in [0.2, 0.25) is 0 Å². The molecule has 3 N–H and O–H groups in total. The summed E-state index contributed by atoms with van der Waals surface area (Å²) in [6.07, 6.45) is -0.361. The fourth-order valence-corrected chi connectivity index (χ4v) is 9.83. The Labute approximate surface area is 286 Å². The fourth-order valence-electron chi connectivity index (χ4n) is 7.80. The van der Waals surface area contributed by atoms with Gasteiger partial charge < -0.3 is 11.1 Å². The predicted molar refractivity (Wildman–Crippen MR) is 199 cm³/mol. The second-order valence-corrected chi connectivity index (χ2v) is 14.4. The molecule has 0 amide bonds. The average Bonchev–Trinajstić information content (AvgIpc) is 3.68. The lowest BCUT2D eigenvalue weighted by Gasteiger charge is -2.40. The molecule has 0 bridgehead atoms. The number of fused-ring (bicyclic) bond motifs is 11. The molecule has 0 fully saturated rings. The normalized spacial score (nSPS) is 18.7. The Kier molecular flexibility index (Phi) is 6.07. The summed E-state index contributed by atoms with van der Waals surface area (Å²) in [5.41, 5.74) is 17.8. The Morgan fingerprint density at radius 1 is 0.604 bits per heavy atom. The molecule has 48 heavy (non-hydrogen) atoms. The summed E-state index contributed by atoms with van der Waals surface area (Å²) < 4.78 is 1.21. The molecule has 0 saturated carbocycles. The summed E-state index contributed by atoms with van der Waals surface area (Å²) in [7, 11) is 0. The quantitative estimate of drug-likeness (QED) is 0.200. The minimum atomic E-state index is -0.522. The number of hydrogen-bond donors (Lipinski definition) is 2. The van der Waals surface area contributed by atoms with Crippen LogP contribution in [-0.4, -0.2) is 11.7 Å². The zero-order valence-electron chi connectivity index (χ0n) is 25.7. The fraction of sp³-hybridized carbons (Fsp3) is 0.0476. The van der Waals surface area contributed by atoms with Crippen LogP contribution < -0.4 is 11.1 Å². The molecule has 1 spiro atoms. The molecule has 1 aliphatic carbocycles. The number of nitrogens with one attached hydrogen (secondary N) is 1. The first-order valence-electron chi connectivity index (χ1n) is 16.1. The minimum Gasteiger partial charge on any atom is -0.398 e. The summed E-state index contributed by atoms with van der Waals surface area (Å²) in [6, 6.07) is 49.9. The standard InChI is InChI=1S/C42H28N4S2/c43-33-24-47-36-22-20-31-37(38(33)36)28-15-7-8-16-29(28)42(31)30-17-9-10-18-34(30)48-35-21-19-27(23-32(35)42)41-45-39(25-11-3-1-4-12-25)44-40(46-41)26-13-5-2-6-14-26/h1-24,39H,43H2,(H,44,45,46). The number of thiophene rings is 1. The molecule has 0 radical (unpaired) electrons. The minimum absolute atomic E-state index is 0.361. The molecule has 2 atom stereocenters. The molecule has 1 aromatic heterocycles. The average molecular weight is 653 g/mol. The van der Waals surface area contributed by atoms with E-state index in [0.29, 0.717) is 0 Å². The Morgan fingerprint density at radius 3 is 2.12 bits per heavy atom. The second kappa shape index (κ2) is 10.5. The van der Waals surface area contributed by atoms with E-state index in [9.17, 15) is 0 Å².